The van der Waals surface area contributed by atoms with Crippen LogP contribution in [0.1, 0.15) is 31.9 Å². The molecule has 0 atom stereocenters. The van der Waals surface area contributed by atoms with Gasteiger partial charge in [0.25, 0.3) is 0 Å². The van der Waals surface area contributed by atoms with Crippen molar-refractivity contribution in [2.24, 2.45) is 0 Å². The Morgan fingerprint density at radius 3 is 1.84 bits per heavy atom. The largest absolute Gasteiger partial charge is 0.0627 e. The van der Waals surface area contributed by atoms with Crippen molar-refractivity contribution in [3.8, 4) is 22.3 Å². The van der Waals surface area contributed by atoms with Crippen LogP contribution in [0.4, 0.5) is 0 Å². The van der Waals surface area contributed by atoms with E-state index in [4.69, 9.17) is 0 Å². The van der Waals surface area contributed by atoms with Crippen LogP contribution in [0, 0.1) is 0 Å². The second-order valence-corrected chi connectivity index (χ2v) is 9.56. The lowest BCUT2D eigenvalue weighted by Gasteiger charge is -2.23. The van der Waals surface area contributed by atoms with Crippen molar-refractivity contribution in [1.29, 1.82) is 0 Å². The highest BCUT2D eigenvalue weighted by molar-refractivity contribution is 6.10. The van der Waals surface area contributed by atoms with Gasteiger partial charge in [-0.15, -0.1) is 0 Å². The highest BCUT2D eigenvalue weighted by Gasteiger charge is 2.30. The molecule has 0 spiro atoms. The quantitative estimate of drug-likeness (QED) is 0.255. The zero-order valence-electron chi connectivity index (χ0n) is 18.8. The van der Waals surface area contributed by atoms with E-state index in [0.717, 1.165) is 0 Å². The van der Waals surface area contributed by atoms with Crippen molar-refractivity contribution in [3.05, 3.63) is 114 Å². The first-order valence-corrected chi connectivity index (χ1v) is 11.4. The van der Waals surface area contributed by atoms with E-state index in [2.05, 4.69) is 124 Å². The van der Waals surface area contributed by atoms with E-state index in [0.29, 0.717) is 0 Å². The minimum absolute atomic E-state index is 0.0938. The zero-order valence-corrected chi connectivity index (χ0v) is 18.8. The van der Waals surface area contributed by atoms with Gasteiger partial charge >= 0.3 is 0 Å². The molecule has 1 aliphatic rings. The number of benzene rings is 5. The first kappa shape index (κ1) is 19.1. The van der Waals surface area contributed by atoms with Crippen molar-refractivity contribution in [2.45, 2.75) is 26.2 Å². The second-order valence-electron chi connectivity index (χ2n) is 9.56. The molecule has 32 heavy (non-hydrogen) atoms. The molecule has 0 nitrogen and oxygen atoms in total. The van der Waals surface area contributed by atoms with E-state index >= 15 is 0 Å². The van der Waals surface area contributed by atoms with Gasteiger partial charge in [-0.05, 0) is 80.0 Å². The fourth-order valence-electron chi connectivity index (χ4n) is 5.07. The van der Waals surface area contributed by atoms with E-state index in [9.17, 15) is 0 Å². The maximum Gasteiger partial charge on any atom is 0.0112 e. The van der Waals surface area contributed by atoms with Crippen molar-refractivity contribution in [3.63, 3.8) is 0 Å². The molecular formula is C32H26. The normalized spacial score (nSPS) is 14.5. The number of fused-ring (bicyclic) bond motifs is 4. The summed E-state index contributed by atoms with van der Waals surface area (Å²) in [4.78, 5) is 0. The number of rotatable bonds is 2. The van der Waals surface area contributed by atoms with Crippen LogP contribution in [-0.4, -0.2) is 0 Å². The molecule has 0 fully saturated rings. The lowest BCUT2D eigenvalue weighted by molar-refractivity contribution is 0.640. The van der Waals surface area contributed by atoms with Gasteiger partial charge in [0.15, 0.2) is 0 Å². The summed E-state index contributed by atoms with van der Waals surface area (Å²) in [6, 6.07) is 35.7. The fourth-order valence-corrected chi connectivity index (χ4v) is 5.07. The summed E-state index contributed by atoms with van der Waals surface area (Å²) >= 11 is 0. The molecule has 6 rings (SSSR count). The molecule has 0 saturated carbocycles. The third-order valence-corrected chi connectivity index (χ3v) is 7.36. The van der Waals surface area contributed by atoms with Crippen LogP contribution in [0.5, 0.6) is 0 Å². The molecule has 1 aliphatic carbocycles. The molecule has 0 N–H and O–H groups in total. The molecule has 0 unspecified atom stereocenters. The predicted molar refractivity (Wildman–Crippen MR) is 139 cm³/mol. The Hall–Kier alpha value is -3.64. The fraction of sp³-hybridized carbons (Fsp3) is 0.125. The zero-order chi connectivity index (χ0) is 21.9. The smallest absolute Gasteiger partial charge is 0.0112 e. The van der Waals surface area contributed by atoms with Crippen LogP contribution >= 0.6 is 0 Å². The first-order chi connectivity index (χ1) is 15.5. The Morgan fingerprint density at radius 1 is 0.531 bits per heavy atom. The molecule has 0 heteroatoms. The molecule has 0 bridgehead atoms. The third kappa shape index (κ3) is 2.91. The van der Waals surface area contributed by atoms with Gasteiger partial charge < -0.3 is 0 Å². The molecule has 0 radical (unpaired) electrons. The number of hydrogen-bond donors (Lipinski definition) is 0. The SMILES string of the molecule is CC1=Cc2cc3ccc4ccc(-c5ccc(-c6ccccc6)cc5)cc4c3cc2C1(C)C. The van der Waals surface area contributed by atoms with Crippen LogP contribution in [0.3, 0.4) is 0 Å². The Bertz CT molecular complexity index is 1510. The highest BCUT2D eigenvalue weighted by atomic mass is 14.3. The van der Waals surface area contributed by atoms with E-state index in [1.165, 1.54) is 60.5 Å². The lowest BCUT2D eigenvalue weighted by Crippen LogP contribution is -2.15. The Morgan fingerprint density at radius 2 is 1.09 bits per heavy atom. The summed E-state index contributed by atoms with van der Waals surface area (Å²) in [6.45, 7) is 6.92. The van der Waals surface area contributed by atoms with Crippen LogP contribution < -0.4 is 0 Å². The minimum atomic E-state index is 0.0938. The van der Waals surface area contributed by atoms with Gasteiger partial charge in [-0.3, -0.25) is 0 Å². The average Bonchev–Trinajstić information content (AvgIpc) is 3.05. The van der Waals surface area contributed by atoms with Crippen LogP contribution in [-0.2, 0) is 5.41 Å². The lowest BCUT2D eigenvalue weighted by atomic mass is 9.81. The van der Waals surface area contributed by atoms with Gasteiger partial charge in [-0.1, -0.05) is 104 Å². The maximum absolute atomic E-state index is 2.43. The Labute approximate surface area is 189 Å². The summed E-state index contributed by atoms with van der Waals surface area (Å²) < 4.78 is 0. The minimum Gasteiger partial charge on any atom is -0.0627 e. The van der Waals surface area contributed by atoms with Crippen LogP contribution in [0.25, 0.3) is 49.9 Å². The molecule has 0 amide bonds. The number of hydrogen-bond acceptors (Lipinski definition) is 0. The molecule has 0 saturated heterocycles. The summed E-state index contributed by atoms with van der Waals surface area (Å²) in [5.74, 6) is 0. The Balaban J connectivity index is 1.48. The van der Waals surface area contributed by atoms with Crippen molar-refractivity contribution in [1.82, 2.24) is 0 Å². The van der Waals surface area contributed by atoms with E-state index in [1.54, 1.807) is 0 Å². The van der Waals surface area contributed by atoms with Gasteiger partial charge in [0.2, 0.25) is 0 Å². The van der Waals surface area contributed by atoms with Gasteiger partial charge in [-0.2, -0.15) is 0 Å². The van der Waals surface area contributed by atoms with Crippen molar-refractivity contribution in [2.75, 3.05) is 0 Å². The van der Waals surface area contributed by atoms with Gasteiger partial charge in [-0.25, -0.2) is 0 Å². The molecule has 0 aromatic heterocycles. The summed E-state index contributed by atoms with van der Waals surface area (Å²) in [6.07, 6.45) is 2.35. The van der Waals surface area contributed by atoms with Crippen molar-refractivity contribution >= 4 is 27.6 Å². The van der Waals surface area contributed by atoms with Crippen LogP contribution in [0.2, 0.25) is 0 Å². The van der Waals surface area contributed by atoms with E-state index in [1.807, 2.05) is 0 Å². The summed E-state index contributed by atoms with van der Waals surface area (Å²) in [7, 11) is 0. The van der Waals surface area contributed by atoms with Gasteiger partial charge in [0.05, 0.1) is 0 Å². The number of allylic oxidation sites excluding steroid dienone is 1. The molecular weight excluding hydrogens is 384 g/mol. The third-order valence-electron chi connectivity index (χ3n) is 7.36. The highest BCUT2D eigenvalue weighted by Crippen LogP contribution is 2.44. The first-order valence-electron chi connectivity index (χ1n) is 11.4. The van der Waals surface area contributed by atoms with E-state index in [-0.39, 0.29) is 5.41 Å². The summed E-state index contributed by atoms with van der Waals surface area (Å²) in [5.41, 5.74) is 9.36. The van der Waals surface area contributed by atoms with Gasteiger partial charge in [0.1, 0.15) is 0 Å². The molecule has 5 aromatic carbocycles. The summed E-state index contributed by atoms with van der Waals surface area (Å²) in [5, 5.41) is 5.28. The molecule has 154 valence electrons. The maximum atomic E-state index is 2.43. The molecule has 0 aliphatic heterocycles. The topological polar surface area (TPSA) is 0 Å². The molecule has 0 heterocycles. The average molecular weight is 411 g/mol. The van der Waals surface area contributed by atoms with Crippen molar-refractivity contribution < 1.29 is 0 Å². The predicted octanol–water partition coefficient (Wildman–Crippen LogP) is 9.02. The molecule has 5 aromatic rings. The van der Waals surface area contributed by atoms with Gasteiger partial charge in [0, 0.05) is 5.41 Å². The second kappa shape index (κ2) is 6.93. The standard InChI is InChI=1S/C32H26/c1-21-17-28-18-27-16-14-25-13-15-26(19-29(25)30(27)20-31(28)32(21,2)3)24-11-9-23(10-12-24)22-7-5-4-6-8-22/h4-20H,1-3H3. The Kier molecular flexibility index (Phi) is 4.13. The van der Waals surface area contributed by atoms with E-state index < -0.39 is 0 Å². The monoisotopic (exact) mass is 410 g/mol. The van der Waals surface area contributed by atoms with Crippen LogP contribution in [0.15, 0.2) is 103 Å².